The van der Waals surface area contributed by atoms with Gasteiger partial charge in [0, 0.05) is 43.0 Å². The number of hydrogen-bond donors (Lipinski definition) is 1. The van der Waals surface area contributed by atoms with Gasteiger partial charge >= 0.3 is 0 Å². The summed E-state index contributed by atoms with van der Waals surface area (Å²) in [7, 11) is 0. The van der Waals surface area contributed by atoms with E-state index < -0.39 is 16.9 Å². The van der Waals surface area contributed by atoms with Gasteiger partial charge in [0.15, 0.2) is 0 Å². The molecule has 0 spiro atoms. The number of nitrogens with one attached hydrogen (secondary N) is 1. The molecule has 6 heteroatoms. The molecule has 1 aromatic heterocycles. The normalized spacial score (nSPS) is 17.0. The number of carbonyl (C=O) groups is 2. The largest absolute Gasteiger partial charge is 0.350 e. The quantitative estimate of drug-likeness (QED) is 0.809. The van der Waals surface area contributed by atoms with Gasteiger partial charge in [0.05, 0.1) is 0 Å². The topological polar surface area (TPSA) is 71.4 Å². The summed E-state index contributed by atoms with van der Waals surface area (Å²) in [6, 6.07) is 10.2. The molecule has 1 aliphatic heterocycles. The average molecular weight is 424 g/mol. The van der Waals surface area contributed by atoms with Crippen molar-refractivity contribution < 1.29 is 9.59 Å². The number of hydrogen-bond acceptors (Lipinski definition) is 3. The van der Waals surface area contributed by atoms with E-state index in [1.807, 2.05) is 52.8 Å². The second-order valence-corrected chi connectivity index (χ2v) is 9.66. The van der Waals surface area contributed by atoms with Gasteiger partial charge in [-0.25, -0.2) is 0 Å². The first-order chi connectivity index (χ1) is 14.6. The van der Waals surface area contributed by atoms with Crippen LogP contribution in [0, 0.1) is 0 Å². The maximum atomic E-state index is 13.4. The summed E-state index contributed by atoms with van der Waals surface area (Å²) >= 11 is 0. The van der Waals surface area contributed by atoms with Crippen molar-refractivity contribution in [3.05, 3.63) is 69.6 Å². The summed E-state index contributed by atoms with van der Waals surface area (Å²) in [6.45, 7) is 10.7. The van der Waals surface area contributed by atoms with Crippen molar-refractivity contribution in [3.8, 4) is 0 Å². The van der Waals surface area contributed by atoms with E-state index in [2.05, 4.69) is 17.4 Å². The fraction of sp³-hybridized carbons (Fsp3) is 0.480. The van der Waals surface area contributed by atoms with E-state index in [4.69, 9.17) is 0 Å². The first kappa shape index (κ1) is 22.8. The van der Waals surface area contributed by atoms with Crippen LogP contribution >= 0.6 is 0 Å². The average Bonchev–Trinajstić information content (AvgIpc) is 2.72. The Morgan fingerprint density at radius 2 is 1.71 bits per heavy atom. The second-order valence-electron chi connectivity index (χ2n) is 9.66. The predicted molar refractivity (Wildman–Crippen MR) is 123 cm³/mol. The zero-order valence-corrected chi connectivity index (χ0v) is 19.1. The molecule has 0 aliphatic carbocycles. The van der Waals surface area contributed by atoms with Crippen LogP contribution in [0.2, 0.25) is 0 Å². The van der Waals surface area contributed by atoms with Crippen LogP contribution in [0.25, 0.3) is 0 Å². The Balaban J connectivity index is 1.94. The van der Waals surface area contributed by atoms with Gasteiger partial charge < -0.3 is 14.8 Å². The molecule has 1 aromatic carbocycles. The maximum absolute atomic E-state index is 13.4. The number of piperidine rings is 1. The molecular formula is C25H33N3O3. The molecule has 1 saturated heterocycles. The van der Waals surface area contributed by atoms with E-state index in [-0.39, 0.29) is 29.0 Å². The van der Waals surface area contributed by atoms with Crippen molar-refractivity contribution in [2.45, 2.75) is 65.0 Å². The van der Waals surface area contributed by atoms with Gasteiger partial charge in [0.1, 0.15) is 11.1 Å². The Kier molecular flexibility index (Phi) is 6.68. The molecule has 166 valence electrons. The Labute approximate surface area is 184 Å². The van der Waals surface area contributed by atoms with E-state index in [1.165, 1.54) is 5.56 Å². The van der Waals surface area contributed by atoms with Crippen LogP contribution in [-0.4, -0.2) is 39.9 Å². The molecule has 0 saturated carbocycles. The minimum Gasteiger partial charge on any atom is -0.350 e. The van der Waals surface area contributed by atoms with E-state index in [0.29, 0.717) is 13.1 Å². The minimum atomic E-state index is -0.509. The molecule has 2 aromatic rings. The SMILES string of the molecule is CC(C)n1cc(C(=O)NC(C)(C)C)c(=O)c(C(=O)N2CCC[C@H](c3ccccc3)C2)c1. The first-order valence-electron chi connectivity index (χ1n) is 11.0. The molecule has 0 radical (unpaired) electrons. The molecule has 6 nitrogen and oxygen atoms in total. The number of aromatic nitrogens is 1. The van der Waals surface area contributed by atoms with E-state index in [0.717, 1.165) is 12.8 Å². The van der Waals surface area contributed by atoms with Crippen LogP contribution < -0.4 is 10.7 Å². The van der Waals surface area contributed by atoms with Crippen LogP contribution in [-0.2, 0) is 0 Å². The summed E-state index contributed by atoms with van der Waals surface area (Å²) in [4.78, 5) is 41.2. The summed E-state index contributed by atoms with van der Waals surface area (Å²) in [6.07, 6.45) is 5.04. The number of benzene rings is 1. The van der Waals surface area contributed by atoms with E-state index in [9.17, 15) is 14.4 Å². The highest BCUT2D eigenvalue weighted by atomic mass is 16.2. The number of amides is 2. The number of pyridine rings is 1. The van der Waals surface area contributed by atoms with Gasteiger partial charge in [-0.05, 0) is 53.0 Å². The first-order valence-corrected chi connectivity index (χ1v) is 11.0. The molecule has 2 heterocycles. The summed E-state index contributed by atoms with van der Waals surface area (Å²) in [5.74, 6) is -0.508. The van der Waals surface area contributed by atoms with Gasteiger partial charge in [-0.15, -0.1) is 0 Å². The fourth-order valence-corrected chi connectivity index (χ4v) is 3.95. The highest BCUT2D eigenvalue weighted by Crippen LogP contribution is 2.27. The monoisotopic (exact) mass is 423 g/mol. The lowest BCUT2D eigenvalue weighted by atomic mass is 9.90. The summed E-state index contributed by atoms with van der Waals surface area (Å²) in [5.41, 5.74) is 0.278. The third-order valence-electron chi connectivity index (χ3n) is 5.59. The Morgan fingerprint density at radius 1 is 1.06 bits per heavy atom. The maximum Gasteiger partial charge on any atom is 0.259 e. The van der Waals surface area contributed by atoms with E-state index in [1.54, 1.807) is 21.9 Å². The van der Waals surface area contributed by atoms with Crippen molar-refractivity contribution in [1.82, 2.24) is 14.8 Å². The highest BCUT2D eigenvalue weighted by Gasteiger charge is 2.29. The standard InChI is InChI=1S/C25H33N3O3/c1-17(2)28-15-20(23(30)26-25(3,4)5)22(29)21(16-28)24(31)27-13-9-12-19(14-27)18-10-7-6-8-11-18/h6-8,10-11,15-17,19H,9,12-14H2,1-5H3,(H,26,30)/t19-/m0/s1. The van der Waals surface area contributed by atoms with Crippen LogP contribution in [0.3, 0.4) is 0 Å². The van der Waals surface area contributed by atoms with Gasteiger partial charge in [-0.2, -0.15) is 0 Å². The Bertz CT molecular complexity index is 1000. The Morgan fingerprint density at radius 3 is 2.32 bits per heavy atom. The van der Waals surface area contributed by atoms with Gasteiger partial charge in [0.25, 0.3) is 11.8 Å². The molecular weight excluding hydrogens is 390 g/mol. The number of carbonyl (C=O) groups excluding carboxylic acids is 2. The third-order valence-corrected chi connectivity index (χ3v) is 5.59. The van der Waals surface area contributed by atoms with Crippen LogP contribution in [0.5, 0.6) is 0 Å². The zero-order valence-electron chi connectivity index (χ0n) is 19.1. The molecule has 1 aliphatic rings. The lowest BCUT2D eigenvalue weighted by Gasteiger charge is -2.33. The summed E-state index contributed by atoms with van der Waals surface area (Å²) < 4.78 is 1.77. The smallest absolute Gasteiger partial charge is 0.259 e. The second kappa shape index (κ2) is 9.08. The van der Waals surface area contributed by atoms with Crippen molar-refractivity contribution in [2.75, 3.05) is 13.1 Å². The van der Waals surface area contributed by atoms with E-state index >= 15 is 0 Å². The molecule has 2 amide bonds. The molecule has 1 N–H and O–H groups in total. The van der Waals surface area contributed by atoms with Crippen molar-refractivity contribution in [3.63, 3.8) is 0 Å². The number of nitrogens with zero attached hydrogens (tertiary/aromatic N) is 2. The zero-order chi connectivity index (χ0) is 22.8. The lowest BCUT2D eigenvalue weighted by Crippen LogP contribution is -2.45. The Hall–Kier alpha value is -2.89. The van der Waals surface area contributed by atoms with Gasteiger partial charge in [-0.3, -0.25) is 14.4 Å². The molecule has 0 unspecified atom stereocenters. The van der Waals surface area contributed by atoms with Crippen molar-refractivity contribution >= 4 is 11.8 Å². The summed E-state index contributed by atoms with van der Waals surface area (Å²) in [5, 5.41) is 2.84. The number of rotatable bonds is 4. The highest BCUT2D eigenvalue weighted by molar-refractivity contribution is 5.99. The third kappa shape index (κ3) is 5.43. The van der Waals surface area contributed by atoms with Crippen molar-refractivity contribution in [1.29, 1.82) is 0 Å². The lowest BCUT2D eigenvalue weighted by molar-refractivity contribution is 0.0704. The molecule has 0 bridgehead atoms. The molecule has 3 rings (SSSR count). The van der Waals surface area contributed by atoms with Crippen LogP contribution in [0.15, 0.2) is 47.5 Å². The predicted octanol–water partition coefficient (Wildman–Crippen LogP) is 3.98. The van der Waals surface area contributed by atoms with Gasteiger partial charge in [-0.1, -0.05) is 30.3 Å². The fourth-order valence-electron chi connectivity index (χ4n) is 3.95. The van der Waals surface area contributed by atoms with Crippen molar-refractivity contribution in [2.24, 2.45) is 0 Å². The minimum absolute atomic E-state index is 0.00564. The molecule has 1 atom stereocenters. The van der Waals surface area contributed by atoms with Gasteiger partial charge in [0.2, 0.25) is 5.43 Å². The number of likely N-dealkylation sites (tertiary alicyclic amines) is 1. The van der Waals surface area contributed by atoms with Crippen LogP contribution in [0.1, 0.15) is 85.7 Å². The van der Waals surface area contributed by atoms with Crippen LogP contribution in [0.4, 0.5) is 0 Å². The molecule has 31 heavy (non-hydrogen) atoms. The molecule has 1 fully saturated rings.